The fourth-order valence-electron chi connectivity index (χ4n) is 3.00. The van der Waals surface area contributed by atoms with Crippen LogP contribution in [0.15, 0.2) is 24.3 Å². The van der Waals surface area contributed by atoms with Crippen LogP contribution in [0, 0.1) is 11.7 Å². The molecule has 4 nitrogen and oxygen atoms in total. The molecule has 5 heteroatoms. The molecule has 0 aromatic heterocycles. The number of esters is 1. The van der Waals surface area contributed by atoms with Crippen LogP contribution in [-0.2, 0) is 9.53 Å². The third-order valence-corrected chi connectivity index (χ3v) is 4.11. The molecule has 2 atom stereocenters. The number of hydrogen-bond donors (Lipinski definition) is 2. The average molecular weight is 294 g/mol. The summed E-state index contributed by atoms with van der Waals surface area (Å²) in [6.07, 6.45) is 1.47. The monoisotopic (exact) mass is 294 g/mol. The number of piperidine rings is 1. The number of anilines is 1. The van der Waals surface area contributed by atoms with E-state index in [0.29, 0.717) is 18.7 Å². The van der Waals surface area contributed by atoms with Crippen LogP contribution in [0.3, 0.4) is 0 Å². The van der Waals surface area contributed by atoms with Crippen molar-refractivity contribution in [2.45, 2.75) is 32.2 Å². The molecular formula is C16H23FN2O2. The van der Waals surface area contributed by atoms with Gasteiger partial charge in [-0.3, -0.25) is 0 Å². The van der Waals surface area contributed by atoms with Gasteiger partial charge in [0.1, 0.15) is 11.4 Å². The topological polar surface area (TPSA) is 50.4 Å². The Bertz CT molecular complexity index is 495. The lowest BCUT2D eigenvalue weighted by molar-refractivity contribution is -0.151. The first-order valence-electron chi connectivity index (χ1n) is 7.54. The van der Waals surface area contributed by atoms with Gasteiger partial charge in [0, 0.05) is 18.2 Å². The highest BCUT2D eigenvalue weighted by molar-refractivity contribution is 5.85. The maximum Gasteiger partial charge on any atom is 0.332 e. The van der Waals surface area contributed by atoms with Crippen LogP contribution in [0.5, 0.6) is 0 Å². The van der Waals surface area contributed by atoms with Crippen LogP contribution in [0.4, 0.5) is 10.1 Å². The first-order valence-corrected chi connectivity index (χ1v) is 7.54. The van der Waals surface area contributed by atoms with Gasteiger partial charge in [0.05, 0.1) is 6.61 Å². The molecule has 1 aromatic rings. The predicted molar refractivity (Wildman–Crippen MR) is 80.7 cm³/mol. The number of ether oxygens (including phenoxy) is 1. The summed E-state index contributed by atoms with van der Waals surface area (Å²) in [5.74, 6) is -0.461. The zero-order valence-electron chi connectivity index (χ0n) is 12.6. The van der Waals surface area contributed by atoms with E-state index in [-0.39, 0.29) is 17.7 Å². The minimum Gasteiger partial charge on any atom is -0.464 e. The van der Waals surface area contributed by atoms with E-state index < -0.39 is 5.54 Å². The number of halogens is 1. The Morgan fingerprint density at radius 1 is 1.52 bits per heavy atom. The van der Waals surface area contributed by atoms with Gasteiger partial charge in [-0.05, 0) is 44.5 Å². The maximum absolute atomic E-state index is 13.4. The predicted octanol–water partition coefficient (Wildman–Crippen LogP) is 2.56. The summed E-state index contributed by atoms with van der Waals surface area (Å²) in [4.78, 5) is 12.6. The second-order valence-corrected chi connectivity index (χ2v) is 5.39. The summed E-state index contributed by atoms with van der Waals surface area (Å²) in [5.41, 5.74) is -0.174. The fourth-order valence-corrected chi connectivity index (χ4v) is 3.00. The molecule has 2 N–H and O–H groups in total. The zero-order valence-corrected chi connectivity index (χ0v) is 12.6. The molecule has 1 aliphatic heterocycles. The molecule has 116 valence electrons. The third kappa shape index (κ3) is 3.35. The molecule has 21 heavy (non-hydrogen) atoms. The Labute approximate surface area is 125 Å². The Kier molecular flexibility index (Phi) is 5.17. The standard InChI is InChI=1S/C16H23FN2O2/c1-3-12-11-18-9-8-16(12,15(20)21-4-2)19-14-7-5-6-13(17)10-14/h5-7,10,12,18-19H,3-4,8-9,11H2,1-2H3. The van der Waals surface area contributed by atoms with E-state index in [0.717, 1.165) is 19.5 Å². The highest BCUT2D eigenvalue weighted by Crippen LogP contribution is 2.33. The molecule has 1 aliphatic rings. The molecule has 1 saturated heterocycles. The Balaban J connectivity index is 2.32. The quantitative estimate of drug-likeness (QED) is 0.820. The van der Waals surface area contributed by atoms with Crippen molar-refractivity contribution in [1.29, 1.82) is 0 Å². The van der Waals surface area contributed by atoms with E-state index in [2.05, 4.69) is 17.6 Å². The van der Waals surface area contributed by atoms with Crippen molar-refractivity contribution in [3.63, 3.8) is 0 Å². The van der Waals surface area contributed by atoms with Gasteiger partial charge < -0.3 is 15.4 Å². The molecule has 0 saturated carbocycles. The number of benzene rings is 1. The SMILES string of the molecule is CCOC(=O)C1(Nc2cccc(F)c2)CCNCC1CC. The summed E-state index contributed by atoms with van der Waals surface area (Å²) in [7, 11) is 0. The molecular weight excluding hydrogens is 271 g/mol. The molecule has 0 spiro atoms. The van der Waals surface area contributed by atoms with Crippen LogP contribution in [-0.4, -0.2) is 31.2 Å². The maximum atomic E-state index is 13.4. The summed E-state index contributed by atoms with van der Waals surface area (Å²) in [6, 6.07) is 6.22. The third-order valence-electron chi connectivity index (χ3n) is 4.11. The summed E-state index contributed by atoms with van der Waals surface area (Å²) < 4.78 is 18.7. The van der Waals surface area contributed by atoms with E-state index in [4.69, 9.17) is 4.74 Å². The Hall–Kier alpha value is -1.62. The lowest BCUT2D eigenvalue weighted by Crippen LogP contribution is -2.60. The summed E-state index contributed by atoms with van der Waals surface area (Å²) in [6.45, 7) is 5.68. The van der Waals surface area contributed by atoms with Gasteiger partial charge in [-0.1, -0.05) is 13.0 Å². The number of rotatable bonds is 5. The minimum atomic E-state index is -0.788. The molecule has 0 amide bonds. The normalized spacial score (nSPS) is 25.4. The second kappa shape index (κ2) is 6.89. The van der Waals surface area contributed by atoms with Crippen molar-refractivity contribution >= 4 is 11.7 Å². The van der Waals surface area contributed by atoms with Crippen LogP contribution < -0.4 is 10.6 Å². The fraction of sp³-hybridized carbons (Fsp3) is 0.562. The highest BCUT2D eigenvalue weighted by Gasteiger charge is 2.47. The van der Waals surface area contributed by atoms with Crippen molar-refractivity contribution in [3.8, 4) is 0 Å². The van der Waals surface area contributed by atoms with Crippen molar-refractivity contribution in [2.24, 2.45) is 5.92 Å². The minimum absolute atomic E-state index is 0.105. The molecule has 0 bridgehead atoms. The molecule has 2 unspecified atom stereocenters. The number of carbonyl (C=O) groups is 1. The lowest BCUT2D eigenvalue weighted by atomic mass is 9.76. The van der Waals surface area contributed by atoms with Crippen LogP contribution in [0.2, 0.25) is 0 Å². The molecule has 0 radical (unpaired) electrons. The highest BCUT2D eigenvalue weighted by atomic mass is 19.1. The van der Waals surface area contributed by atoms with Gasteiger partial charge in [0.25, 0.3) is 0 Å². The van der Waals surface area contributed by atoms with Crippen molar-refractivity contribution in [1.82, 2.24) is 5.32 Å². The molecule has 1 aromatic carbocycles. The van der Waals surface area contributed by atoms with E-state index in [1.54, 1.807) is 19.1 Å². The molecule has 0 aliphatic carbocycles. The number of nitrogens with one attached hydrogen (secondary N) is 2. The Morgan fingerprint density at radius 3 is 3.00 bits per heavy atom. The first-order chi connectivity index (χ1) is 10.1. The smallest absolute Gasteiger partial charge is 0.332 e. The van der Waals surface area contributed by atoms with E-state index in [1.807, 2.05) is 0 Å². The largest absolute Gasteiger partial charge is 0.464 e. The van der Waals surface area contributed by atoms with Crippen LogP contribution >= 0.6 is 0 Å². The van der Waals surface area contributed by atoms with Crippen LogP contribution in [0.25, 0.3) is 0 Å². The average Bonchev–Trinajstić information content (AvgIpc) is 2.48. The van der Waals surface area contributed by atoms with E-state index >= 15 is 0 Å². The van der Waals surface area contributed by atoms with Crippen molar-refractivity contribution < 1.29 is 13.9 Å². The molecule has 1 fully saturated rings. The van der Waals surface area contributed by atoms with Gasteiger partial charge in [0.15, 0.2) is 0 Å². The zero-order chi connectivity index (χ0) is 15.3. The second-order valence-electron chi connectivity index (χ2n) is 5.39. The van der Waals surface area contributed by atoms with Gasteiger partial charge in [-0.15, -0.1) is 0 Å². The molecule has 1 heterocycles. The van der Waals surface area contributed by atoms with Gasteiger partial charge in [-0.25, -0.2) is 9.18 Å². The molecule has 2 rings (SSSR count). The first kappa shape index (κ1) is 15.8. The summed E-state index contributed by atoms with van der Waals surface area (Å²) >= 11 is 0. The summed E-state index contributed by atoms with van der Waals surface area (Å²) in [5, 5.41) is 6.58. The van der Waals surface area contributed by atoms with Crippen LogP contribution in [0.1, 0.15) is 26.7 Å². The van der Waals surface area contributed by atoms with E-state index in [9.17, 15) is 9.18 Å². The lowest BCUT2D eigenvalue weighted by Gasteiger charge is -2.43. The van der Waals surface area contributed by atoms with E-state index in [1.165, 1.54) is 12.1 Å². The number of hydrogen-bond acceptors (Lipinski definition) is 4. The van der Waals surface area contributed by atoms with Gasteiger partial charge >= 0.3 is 5.97 Å². The number of carbonyl (C=O) groups excluding carboxylic acids is 1. The van der Waals surface area contributed by atoms with Gasteiger partial charge in [-0.2, -0.15) is 0 Å². The van der Waals surface area contributed by atoms with Gasteiger partial charge in [0.2, 0.25) is 0 Å². The van der Waals surface area contributed by atoms with Crippen molar-refractivity contribution in [2.75, 3.05) is 25.0 Å². The van der Waals surface area contributed by atoms with Crippen molar-refractivity contribution in [3.05, 3.63) is 30.1 Å². The Morgan fingerprint density at radius 2 is 2.33 bits per heavy atom.